The summed E-state index contributed by atoms with van der Waals surface area (Å²) in [5, 5.41) is 7.02. The van der Waals surface area contributed by atoms with Crippen molar-refractivity contribution in [2.45, 2.75) is 13.3 Å². The van der Waals surface area contributed by atoms with Crippen molar-refractivity contribution in [2.75, 3.05) is 13.6 Å². The van der Waals surface area contributed by atoms with Gasteiger partial charge in [-0.05, 0) is 6.42 Å². The summed E-state index contributed by atoms with van der Waals surface area (Å²) in [7, 11) is 1.74. The third-order valence-corrected chi connectivity index (χ3v) is 1.56. The van der Waals surface area contributed by atoms with Gasteiger partial charge in [0, 0.05) is 19.5 Å². The zero-order chi connectivity index (χ0) is 8.85. The SMILES string of the molecule is CC(C=O)CCN(C)C(=N)N. The average Bonchev–Trinajstić information content (AvgIpc) is 1.99. The summed E-state index contributed by atoms with van der Waals surface area (Å²) in [4.78, 5) is 11.8. The van der Waals surface area contributed by atoms with Crippen LogP contribution in [0.5, 0.6) is 0 Å². The highest BCUT2D eigenvalue weighted by Gasteiger charge is 2.03. The second-order valence-corrected chi connectivity index (χ2v) is 2.71. The predicted octanol–water partition coefficient (Wildman–Crippen LogP) is 0.0368. The molecule has 4 heteroatoms. The van der Waals surface area contributed by atoms with Crippen LogP contribution in [-0.4, -0.2) is 30.7 Å². The Bertz CT molecular complexity index is 147. The third-order valence-electron chi connectivity index (χ3n) is 1.56. The maximum atomic E-state index is 10.2. The van der Waals surface area contributed by atoms with Crippen LogP contribution in [0.2, 0.25) is 0 Å². The smallest absolute Gasteiger partial charge is 0.188 e. The number of hydrogen-bond acceptors (Lipinski definition) is 2. The molecule has 1 atom stereocenters. The fraction of sp³-hybridized carbons (Fsp3) is 0.714. The lowest BCUT2D eigenvalue weighted by Gasteiger charge is -2.16. The molecule has 0 aromatic rings. The van der Waals surface area contributed by atoms with Crippen molar-refractivity contribution in [1.82, 2.24) is 4.90 Å². The number of rotatable bonds is 4. The summed E-state index contributed by atoms with van der Waals surface area (Å²) >= 11 is 0. The van der Waals surface area contributed by atoms with Crippen LogP contribution in [-0.2, 0) is 4.79 Å². The average molecular weight is 157 g/mol. The summed E-state index contributed by atoms with van der Waals surface area (Å²) in [6, 6.07) is 0. The van der Waals surface area contributed by atoms with E-state index in [9.17, 15) is 4.79 Å². The Morgan fingerprint density at radius 2 is 2.36 bits per heavy atom. The predicted molar refractivity (Wildman–Crippen MR) is 44.4 cm³/mol. The first-order chi connectivity index (χ1) is 5.07. The molecule has 0 aliphatic heterocycles. The number of nitrogens with one attached hydrogen (secondary N) is 1. The molecule has 1 unspecified atom stereocenters. The number of carbonyl (C=O) groups is 1. The quantitative estimate of drug-likeness (QED) is 0.344. The highest BCUT2D eigenvalue weighted by molar-refractivity contribution is 5.74. The lowest BCUT2D eigenvalue weighted by molar-refractivity contribution is -0.110. The van der Waals surface area contributed by atoms with Crippen LogP contribution in [0.1, 0.15) is 13.3 Å². The number of hydrogen-bond donors (Lipinski definition) is 2. The van der Waals surface area contributed by atoms with E-state index in [0.717, 1.165) is 12.7 Å². The first-order valence-corrected chi connectivity index (χ1v) is 3.58. The van der Waals surface area contributed by atoms with Crippen LogP contribution >= 0.6 is 0 Å². The molecule has 3 N–H and O–H groups in total. The number of nitrogens with two attached hydrogens (primary N) is 1. The Labute approximate surface area is 66.9 Å². The Hall–Kier alpha value is -1.06. The lowest BCUT2D eigenvalue weighted by atomic mass is 10.1. The molecule has 0 aromatic carbocycles. The van der Waals surface area contributed by atoms with Crippen LogP contribution in [0.25, 0.3) is 0 Å². The molecule has 4 nitrogen and oxygen atoms in total. The van der Waals surface area contributed by atoms with E-state index in [1.54, 1.807) is 11.9 Å². The largest absolute Gasteiger partial charge is 0.370 e. The monoisotopic (exact) mass is 157 g/mol. The first kappa shape index (κ1) is 9.94. The van der Waals surface area contributed by atoms with Crippen LogP contribution < -0.4 is 5.73 Å². The second-order valence-electron chi connectivity index (χ2n) is 2.71. The Morgan fingerprint density at radius 3 is 2.73 bits per heavy atom. The van der Waals surface area contributed by atoms with Gasteiger partial charge < -0.3 is 15.4 Å². The van der Waals surface area contributed by atoms with E-state index in [1.165, 1.54) is 0 Å². The van der Waals surface area contributed by atoms with Crippen LogP contribution in [0.4, 0.5) is 0 Å². The molecule has 0 saturated heterocycles. The number of aldehydes is 1. The van der Waals surface area contributed by atoms with Crippen LogP contribution in [0, 0.1) is 11.3 Å². The summed E-state index contributed by atoms with van der Waals surface area (Å²) in [5.74, 6) is 0.0971. The zero-order valence-corrected chi connectivity index (χ0v) is 7.00. The molecule has 0 bridgehead atoms. The Kier molecular flexibility index (Phi) is 4.26. The van der Waals surface area contributed by atoms with Crippen LogP contribution in [0.3, 0.4) is 0 Å². The van der Waals surface area contributed by atoms with Gasteiger partial charge in [0.05, 0.1) is 0 Å². The van der Waals surface area contributed by atoms with Gasteiger partial charge in [-0.25, -0.2) is 0 Å². The van der Waals surface area contributed by atoms with Crippen molar-refractivity contribution in [3.63, 3.8) is 0 Å². The van der Waals surface area contributed by atoms with Crippen LogP contribution in [0.15, 0.2) is 0 Å². The summed E-state index contributed by atoms with van der Waals surface area (Å²) in [5.41, 5.74) is 5.18. The van der Waals surface area contributed by atoms with E-state index in [4.69, 9.17) is 11.1 Å². The molecule has 0 amide bonds. The first-order valence-electron chi connectivity index (χ1n) is 3.58. The molecule has 0 fully saturated rings. The third kappa shape index (κ3) is 4.36. The summed E-state index contributed by atoms with van der Waals surface area (Å²) < 4.78 is 0. The summed E-state index contributed by atoms with van der Waals surface area (Å²) in [6.45, 7) is 2.51. The second kappa shape index (κ2) is 4.71. The van der Waals surface area contributed by atoms with Crippen molar-refractivity contribution in [3.8, 4) is 0 Å². The molecular weight excluding hydrogens is 142 g/mol. The van der Waals surface area contributed by atoms with Gasteiger partial charge in [0.2, 0.25) is 0 Å². The van der Waals surface area contributed by atoms with Gasteiger partial charge in [0.25, 0.3) is 0 Å². The number of guanidine groups is 1. The minimum absolute atomic E-state index is 0.0445. The maximum absolute atomic E-state index is 10.2. The van der Waals surface area contributed by atoms with Gasteiger partial charge in [-0.15, -0.1) is 0 Å². The molecule has 0 saturated carbocycles. The van der Waals surface area contributed by atoms with Gasteiger partial charge in [0.15, 0.2) is 5.96 Å². The minimum Gasteiger partial charge on any atom is -0.370 e. The highest BCUT2D eigenvalue weighted by Crippen LogP contribution is 1.97. The Morgan fingerprint density at radius 1 is 1.82 bits per heavy atom. The normalized spacial score (nSPS) is 12.2. The van der Waals surface area contributed by atoms with Crippen molar-refractivity contribution >= 4 is 12.2 Å². The van der Waals surface area contributed by atoms with E-state index < -0.39 is 0 Å². The molecule has 64 valence electrons. The van der Waals surface area contributed by atoms with Gasteiger partial charge in [-0.3, -0.25) is 5.41 Å². The number of carbonyl (C=O) groups excluding carboxylic acids is 1. The maximum Gasteiger partial charge on any atom is 0.188 e. The van der Waals surface area contributed by atoms with E-state index in [1.807, 2.05) is 6.92 Å². The van der Waals surface area contributed by atoms with Gasteiger partial charge in [0.1, 0.15) is 6.29 Å². The molecular formula is C7H15N3O. The van der Waals surface area contributed by atoms with Gasteiger partial charge in [-0.1, -0.05) is 6.92 Å². The number of nitrogens with zero attached hydrogens (tertiary/aromatic N) is 1. The van der Waals surface area contributed by atoms with E-state index in [2.05, 4.69) is 0 Å². The molecule has 0 aliphatic carbocycles. The Balaban J connectivity index is 3.53. The van der Waals surface area contributed by atoms with E-state index in [0.29, 0.717) is 6.54 Å². The molecule has 0 aliphatic rings. The van der Waals surface area contributed by atoms with Crippen molar-refractivity contribution in [1.29, 1.82) is 5.41 Å². The molecule has 11 heavy (non-hydrogen) atoms. The van der Waals surface area contributed by atoms with E-state index >= 15 is 0 Å². The summed E-state index contributed by atoms with van der Waals surface area (Å²) in [6.07, 6.45) is 1.66. The minimum atomic E-state index is 0.0445. The van der Waals surface area contributed by atoms with Crippen molar-refractivity contribution in [2.24, 2.45) is 11.7 Å². The molecule has 0 rings (SSSR count). The van der Waals surface area contributed by atoms with Crippen molar-refractivity contribution in [3.05, 3.63) is 0 Å². The molecule has 0 aromatic heterocycles. The zero-order valence-electron chi connectivity index (χ0n) is 7.00. The van der Waals surface area contributed by atoms with E-state index in [-0.39, 0.29) is 11.9 Å². The fourth-order valence-corrected chi connectivity index (χ4v) is 0.586. The molecule has 0 spiro atoms. The van der Waals surface area contributed by atoms with Gasteiger partial charge >= 0.3 is 0 Å². The molecule has 0 radical (unpaired) electrons. The lowest BCUT2D eigenvalue weighted by Crippen LogP contribution is -2.34. The van der Waals surface area contributed by atoms with Gasteiger partial charge in [-0.2, -0.15) is 0 Å². The van der Waals surface area contributed by atoms with Crippen molar-refractivity contribution < 1.29 is 4.79 Å². The topological polar surface area (TPSA) is 70.2 Å². The fourth-order valence-electron chi connectivity index (χ4n) is 0.586. The molecule has 0 heterocycles. The highest BCUT2D eigenvalue weighted by atomic mass is 16.1. The standard InChI is InChI=1S/C7H15N3O/c1-6(5-11)3-4-10(2)7(8)9/h5-6H,3-4H2,1-2H3,(H3,8,9).